The van der Waals surface area contributed by atoms with Crippen molar-refractivity contribution in [3.8, 4) is 0 Å². The van der Waals surface area contributed by atoms with E-state index in [1.165, 1.54) is 0 Å². The van der Waals surface area contributed by atoms with E-state index >= 15 is 0 Å². The van der Waals surface area contributed by atoms with Gasteiger partial charge in [0.1, 0.15) is 0 Å². The van der Waals surface area contributed by atoms with Gasteiger partial charge in [0, 0.05) is 22.0 Å². The van der Waals surface area contributed by atoms with Crippen molar-refractivity contribution in [2.24, 2.45) is 5.73 Å². The minimum absolute atomic E-state index is 0. The van der Waals surface area contributed by atoms with Crippen LogP contribution in [-0.2, 0) is 15.0 Å². The summed E-state index contributed by atoms with van der Waals surface area (Å²) >= 11 is 12.4. The molecule has 0 aliphatic rings. The van der Waals surface area contributed by atoms with Gasteiger partial charge in [0.15, 0.2) is 0 Å². The summed E-state index contributed by atoms with van der Waals surface area (Å²) in [5.74, 6) is -0.674. The minimum atomic E-state index is -0.442. The summed E-state index contributed by atoms with van der Waals surface area (Å²) in [4.78, 5) is 22.7. The fourth-order valence-electron chi connectivity index (χ4n) is 1.87. The maximum absolute atomic E-state index is 11.7. The molecule has 0 saturated heterocycles. The first kappa shape index (κ1) is 21.0. The molecule has 8 heteroatoms. The highest BCUT2D eigenvalue weighted by Crippen LogP contribution is 2.35. The number of nitrogens with two attached hydrogens (primary N) is 1. The molecule has 2 amide bonds. The molecule has 0 bridgehead atoms. The maximum Gasteiger partial charge on any atom is 0.239 e. The highest BCUT2D eigenvalue weighted by molar-refractivity contribution is 6.36. The van der Waals surface area contributed by atoms with Gasteiger partial charge in [-0.3, -0.25) is 9.59 Å². The van der Waals surface area contributed by atoms with Crippen LogP contribution in [0.3, 0.4) is 0 Å². The average molecular weight is 369 g/mol. The van der Waals surface area contributed by atoms with E-state index in [0.29, 0.717) is 16.6 Å². The van der Waals surface area contributed by atoms with Gasteiger partial charge >= 0.3 is 0 Å². The molecule has 1 rings (SSSR count). The van der Waals surface area contributed by atoms with Crippen LogP contribution in [0.5, 0.6) is 0 Å². The number of rotatable bonds is 6. The molecule has 0 spiro atoms. The molecule has 0 radical (unpaired) electrons. The topological polar surface area (TPSA) is 84.2 Å². The molecular formula is C14H20Cl3N3O2. The summed E-state index contributed by atoms with van der Waals surface area (Å²) in [6.45, 7) is 3.95. The van der Waals surface area contributed by atoms with Gasteiger partial charge in [-0.2, -0.15) is 0 Å². The van der Waals surface area contributed by atoms with E-state index in [1.807, 2.05) is 13.8 Å². The Morgan fingerprint density at radius 2 is 1.68 bits per heavy atom. The van der Waals surface area contributed by atoms with Crippen LogP contribution in [0.4, 0.5) is 0 Å². The Kier molecular flexibility index (Phi) is 8.78. The summed E-state index contributed by atoms with van der Waals surface area (Å²) in [7, 11) is 0. The van der Waals surface area contributed by atoms with Gasteiger partial charge in [-0.25, -0.2) is 0 Å². The molecule has 0 unspecified atom stereocenters. The molecular weight excluding hydrogens is 349 g/mol. The number of carbonyl (C=O) groups excluding carboxylic acids is 2. The average Bonchev–Trinajstić information content (AvgIpc) is 2.42. The summed E-state index contributed by atoms with van der Waals surface area (Å²) in [6, 6.07) is 5.28. The number of benzene rings is 1. The molecule has 4 N–H and O–H groups in total. The van der Waals surface area contributed by atoms with Crippen LogP contribution in [0, 0.1) is 0 Å². The smallest absolute Gasteiger partial charge is 0.239 e. The Hall–Kier alpha value is -1.01. The normalized spacial score (nSPS) is 10.6. The van der Waals surface area contributed by atoms with E-state index in [9.17, 15) is 9.59 Å². The molecule has 0 heterocycles. The molecule has 0 aliphatic heterocycles. The van der Waals surface area contributed by atoms with E-state index in [2.05, 4.69) is 10.6 Å². The SMILES string of the molecule is CC(C)(CNC(=O)CNC(=O)CN)c1c(Cl)cccc1Cl.Cl. The van der Waals surface area contributed by atoms with Crippen LogP contribution in [0.25, 0.3) is 0 Å². The molecule has 0 fully saturated rings. The van der Waals surface area contributed by atoms with E-state index in [-0.39, 0.29) is 37.3 Å². The van der Waals surface area contributed by atoms with Crippen molar-refractivity contribution >= 4 is 47.4 Å². The lowest BCUT2D eigenvalue weighted by molar-refractivity contribution is -0.125. The third kappa shape index (κ3) is 6.01. The summed E-state index contributed by atoms with van der Waals surface area (Å²) in [6.07, 6.45) is 0. The van der Waals surface area contributed by atoms with Crippen LogP contribution < -0.4 is 16.4 Å². The number of carbonyl (C=O) groups is 2. The third-order valence-corrected chi connectivity index (χ3v) is 3.63. The van der Waals surface area contributed by atoms with Gasteiger partial charge in [-0.05, 0) is 17.7 Å². The first-order chi connectivity index (χ1) is 9.77. The van der Waals surface area contributed by atoms with Gasteiger partial charge in [-0.15, -0.1) is 12.4 Å². The van der Waals surface area contributed by atoms with Gasteiger partial charge in [0.2, 0.25) is 11.8 Å². The predicted molar refractivity (Wildman–Crippen MR) is 91.8 cm³/mol. The second-order valence-corrected chi connectivity index (χ2v) is 6.05. The van der Waals surface area contributed by atoms with Crippen molar-refractivity contribution in [3.63, 3.8) is 0 Å². The summed E-state index contributed by atoms with van der Waals surface area (Å²) in [5.41, 5.74) is 5.47. The minimum Gasteiger partial charge on any atom is -0.354 e. The van der Waals surface area contributed by atoms with Gasteiger partial charge < -0.3 is 16.4 Å². The Bertz CT molecular complexity index is 516. The van der Waals surface area contributed by atoms with Crippen LogP contribution in [0.2, 0.25) is 10.0 Å². The van der Waals surface area contributed by atoms with Crippen LogP contribution in [-0.4, -0.2) is 31.4 Å². The Morgan fingerprint density at radius 1 is 1.14 bits per heavy atom. The largest absolute Gasteiger partial charge is 0.354 e. The lowest BCUT2D eigenvalue weighted by Crippen LogP contribution is -2.43. The van der Waals surface area contributed by atoms with Crippen LogP contribution in [0.1, 0.15) is 19.4 Å². The van der Waals surface area contributed by atoms with Crippen molar-refractivity contribution in [2.75, 3.05) is 19.6 Å². The third-order valence-electron chi connectivity index (χ3n) is 3.00. The summed E-state index contributed by atoms with van der Waals surface area (Å²) < 4.78 is 0. The first-order valence-electron chi connectivity index (χ1n) is 6.46. The zero-order valence-electron chi connectivity index (χ0n) is 12.4. The molecule has 0 aromatic heterocycles. The second kappa shape index (κ2) is 9.20. The van der Waals surface area contributed by atoms with E-state index in [4.69, 9.17) is 28.9 Å². The van der Waals surface area contributed by atoms with Gasteiger partial charge in [0.25, 0.3) is 0 Å². The first-order valence-corrected chi connectivity index (χ1v) is 7.21. The Balaban J connectivity index is 0.00000441. The number of hydrogen-bond donors (Lipinski definition) is 3. The van der Waals surface area contributed by atoms with Crippen molar-refractivity contribution in [3.05, 3.63) is 33.8 Å². The second-order valence-electron chi connectivity index (χ2n) is 5.24. The molecule has 0 saturated carbocycles. The highest BCUT2D eigenvalue weighted by Gasteiger charge is 2.26. The van der Waals surface area contributed by atoms with Gasteiger partial charge in [0.05, 0.1) is 13.1 Å². The zero-order valence-corrected chi connectivity index (χ0v) is 14.7. The molecule has 1 aromatic rings. The summed E-state index contributed by atoms with van der Waals surface area (Å²) in [5, 5.41) is 6.25. The molecule has 0 atom stereocenters. The number of halogens is 3. The van der Waals surface area contributed by atoms with Crippen molar-refractivity contribution in [1.82, 2.24) is 10.6 Å². The fourth-order valence-corrected chi connectivity index (χ4v) is 2.77. The van der Waals surface area contributed by atoms with E-state index in [1.54, 1.807) is 18.2 Å². The van der Waals surface area contributed by atoms with Gasteiger partial charge in [-0.1, -0.05) is 43.1 Å². The number of hydrogen-bond acceptors (Lipinski definition) is 3. The molecule has 1 aromatic carbocycles. The van der Waals surface area contributed by atoms with Crippen molar-refractivity contribution in [2.45, 2.75) is 19.3 Å². The molecule has 22 heavy (non-hydrogen) atoms. The zero-order chi connectivity index (χ0) is 16.0. The lowest BCUT2D eigenvalue weighted by atomic mass is 9.84. The standard InChI is InChI=1S/C14H19Cl2N3O2.ClH/c1-14(2,13-9(15)4-3-5-10(13)16)8-19-12(21)7-18-11(20)6-17;/h3-5H,6-8,17H2,1-2H3,(H,18,20)(H,19,21);1H. The monoisotopic (exact) mass is 367 g/mol. The van der Waals surface area contributed by atoms with Crippen LogP contribution in [0.15, 0.2) is 18.2 Å². The Morgan fingerprint density at radius 3 is 2.18 bits per heavy atom. The molecule has 124 valence electrons. The van der Waals surface area contributed by atoms with Crippen molar-refractivity contribution < 1.29 is 9.59 Å². The van der Waals surface area contributed by atoms with E-state index < -0.39 is 5.41 Å². The molecule has 5 nitrogen and oxygen atoms in total. The highest BCUT2D eigenvalue weighted by atomic mass is 35.5. The van der Waals surface area contributed by atoms with Crippen LogP contribution >= 0.6 is 35.6 Å². The number of amides is 2. The molecule has 0 aliphatic carbocycles. The van der Waals surface area contributed by atoms with Crippen molar-refractivity contribution in [1.29, 1.82) is 0 Å². The Labute approximate surface area is 146 Å². The fraction of sp³-hybridized carbons (Fsp3) is 0.429. The maximum atomic E-state index is 11.7. The lowest BCUT2D eigenvalue weighted by Gasteiger charge is -2.27. The number of nitrogens with one attached hydrogen (secondary N) is 2. The quantitative estimate of drug-likeness (QED) is 0.717. The van der Waals surface area contributed by atoms with E-state index in [0.717, 1.165) is 5.56 Å². The predicted octanol–water partition coefficient (Wildman–Crippen LogP) is 1.88.